The predicted octanol–water partition coefficient (Wildman–Crippen LogP) is 1.08. The quantitative estimate of drug-likeness (QED) is 0.649. The summed E-state index contributed by atoms with van der Waals surface area (Å²) in [4.78, 5) is 33.7. The highest BCUT2D eigenvalue weighted by Crippen LogP contribution is 2.23. The van der Waals surface area contributed by atoms with Crippen LogP contribution in [0.5, 0.6) is 5.75 Å². The van der Waals surface area contributed by atoms with E-state index < -0.39 is 21.8 Å². The lowest BCUT2D eigenvalue weighted by atomic mass is 10.2. The fraction of sp³-hybridized carbons (Fsp3) is 0.214. The van der Waals surface area contributed by atoms with E-state index in [1.165, 1.54) is 18.2 Å². The molecule has 1 aromatic carbocycles. The molecule has 3 rings (SSSR count). The number of rotatable bonds is 5. The zero-order valence-corrected chi connectivity index (χ0v) is 13.8. The van der Waals surface area contributed by atoms with Crippen LogP contribution in [0.3, 0.4) is 0 Å². The number of hydrogen-bond donors (Lipinski definition) is 2. The SMILES string of the molecule is CCCn1c(=O)[nH]c2nc(-c3cccc(OS(=O)(=O)F)c3)[nH]c2c1=O. The number of benzene rings is 1. The Labute approximate surface area is 140 Å². The Kier molecular flexibility index (Phi) is 4.17. The third kappa shape index (κ3) is 3.45. The maximum absolute atomic E-state index is 12.6. The van der Waals surface area contributed by atoms with Crippen LogP contribution in [0.25, 0.3) is 22.6 Å². The first kappa shape index (κ1) is 16.9. The first-order valence-electron chi connectivity index (χ1n) is 7.26. The van der Waals surface area contributed by atoms with Crippen molar-refractivity contribution in [3.8, 4) is 17.1 Å². The van der Waals surface area contributed by atoms with E-state index in [1.807, 2.05) is 6.92 Å². The third-order valence-electron chi connectivity index (χ3n) is 3.38. The molecule has 0 bridgehead atoms. The molecule has 2 aromatic heterocycles. The third-order valence-corrected chi connectivity index (χ3v) is 3.78. The standard InChI is InChI=1S/C14H13FN4O5S/c1-2-6-19-13(20)10-12(18-14(19)21)17-11(16-10)8-4-3-5-9(7-8)24-25(15,22)23/h3-5,7H,2,6H2,1H3,(H,16,17)(H,18,21). The van der Waals surface area contributed by atoms with Gasteiger partial charge < -0.3 is 9.17 Å². The number of halogens is 1. The normalized spacial score (nSPS) is 11.8. The van der Waals surface area contributed by atoms with Gasteiger partial charge in [-0.25, -0.2) is 9.78 Å². The molecule has 0 unspecified atom stereocenters. The summed E-state index contributed by atoms with van der Waals surface area (Å²) in [5.74, 6) is -0.0592. The van der Waals surface area contributed by atoms with Crippen molar-refractivity contribution in [1.82, 2.24) is 19.5 Å². The molecule has 132 valence electrons. The van der Waals surface area contributed by atoms with E-state index in [-0.39, 0.29) is 29.3 Å². The Morgan fingerprint density at radius 3 is 2.72 bits per heavy atom. The molecule has 0 aliphatic heterocycles. The summed E-state index contributed by atoms with van der Waals surface area (Å²) in [6, 6.07) is 5.47. The molecular weight excluding hydrogens is 355 g/mol. The lowest BCUT2D eigenvalue weighted by Crippen LogP contribution is -2.34. The second-order valence-electron chi connectivity index (χ2n) is 5.20. The highest BCUT2D eigenvalue weighted by atomic mass is 32.3. The van der Waals surface area contributed by atoms with Crippen LogP contribution >= 0.6 is 0 Å². The van der Waals surface area contributed by atoms with Crippen LogP contribution < -0.4 is 15.4 Å². The number of nitrogens with one attached hydrogen (secondary N) is 2. The van der Waals surface area contributed by atoms with Crippen molar-refractivity contribution < 1.29 is 16.5 Å². The summed E-state index contributed by atoms with van der Waals surface area (Å²) in [6.45, 7) is 2.09. The molecule has 3 aromatic rings. The predicted molar refractivity (Wildman–Crippen MR) is 87.4 cm³/mol. The highest BCUT2D eigenvalue weighted by Gasteiger charge is 2.15. The van der Waals surface area contributed by atoms with Gasteiger partial charge in [-0.1, -0.05) is 22.9 Å². The second kappa shape index (κ2) is 6.16. The van der Waals surface area contributed by atoms with Gasteiger partial charge in [0.2, 0.25) is 0 Å². The summed E-state index contributed by atoms with van der Waals surface area (Å²) in [6.07, 6.45) is 0.604. The van der Waals surface area contributed by atoms with Gasteiger partial charge >= 0.3 is 16.2 Å². The van der Waals surface area contributed by atoms with E-state index in [9.17, 15) is 21.9 Å². The van der Waals surface area contributed by atoms with Crippen LogP contribution in [-0.2, 0) is 17.0 Å². The van der Waals surface area contributed by atoms with Gasteiger partial charge in [-0.05, 0) is 18.6 Å². The van der Waals surface area contributed by atoms with Gasteiger partial charge in [0.05, 0.1) is 0 Å². The highest BCUT2D eigenvalue weighted by molar-refractivity contribution is 7.81. The Balaban J connectivity index is 2.11. The Morgan fingerprint density at radius 1 is 1.28 bits per heavy atom. The number of fused-ring (bicyclic) bond motifs is 1. The van der Waals surface area contributed by atoms with Gasteiger partial charge in [-0.2, -0.15) is 8.42 Å². The number of aromatic amines is 2. The molecule has 25 heavy (non-hydrogen) atoms. The number of H-pyrrole nitrogens is 2. The Hall–Kier alpha value is -2.95. The Bertz CT molecular complexity index is 1160. The summed E-state index contributed by atoms with van der Waals surface area (Å²) in [5.41, 5.74) is -0.565. The molecule has 0 fully saturated rings. The smallest absolute Gasteiger partial charge is 0.358 e. The Morgan fingerprint density at radius 2 is 2.04 bits per heavy atom. The monoisotopic (exact) mass is 368 g/mol. The van der Waals surface area contributed by atoms with Crippen LogP contribution in [0.15, 0.2) is 33.9 Å². The maximum atomic E-state index is 12.6. The van der Waals surface area contributed by atoms with Gasteiger partial charge in [0.15, 0.2) is 5.65 Å². The van der Waals surface area contributed by atoms with Crippen molar-refractivity contribution >= 4 is 21.7 Å². The van der Waals surface area contributed by atoms with E-state index in [2.05, 4.69) is 19.1 Å². The second-order valence-corrected chi connectivity index (χ2v) is 6.15. The van der Waals surface area contributed by atoms with Crippen LogP contribution in [0, 0.1) is 0 Å². The average molecular weight is 368 g/mol. The van der Waals surface area contributed by atoms with Crippen LogP contribution in [0.1, 0.15) is 13.3 Å². The molecule has 11 heteroatoms. The number of imidazole rings is 1. The molecule has 0 saturated heterocycles. The fourth-order valence-electron chi connectivity index (χ4n) is 2.39. The van der Waals surface area contributed by atoms with Crippen LogP contribution in [0.4, 0.5) is 3.89 Å². The lowest BCUT2D eigenvalue weighted by Gasteiger charge is -2.01. The van der Waals surface area contributed by atoms with Gasteiger partial charge in [-0.3, -0.25) is 14.3 Å². The minimum Gasteiger partial charge on any atom is -0.358 e. The van der Waals surface area contributed by atoms with Crippen LogP contribution in [0.2, 0.25) is 0 Å². The average Bonchev–Trinajstić information content (AvgIpc) is 2.94. The largest absolute Gasteiger partial charge is 0.488 e. The van der Waals surface area contributed by atoms with Crippen molar-refractivity contribution in [2.45, 2.75) is 19.9 Å². The first-order valence-corrected chi connectivity index (χ1v) is 8.56. The zero-order chi connectivity index (χ0) is 18.2. The first-order chi connectivity index (χ1) is 11.8. The minimum atomic E-state index is -5.16. The van der Waals surface area contributed by atoms with Crippen molar-refractivity contribution in [1.29, 1.82) is 0 Å². The molecule has 9 nitrogen and oxygen atoms in total. The summed E-state index contributed by atoms with van der Waals surface area (Å²) >= 11 is 0. The van der Waals surface area contributed by atoms with Gasteiger partial charge in [0.1, 0.15) is 17.1 Å². The molecule has 0 aliphatic carbocycles. The van der Waals surface area contributed by atoms with E-state index >= 15 is 0 Å². The van der Waals surface area contributed by atoms with Gasteiger partial charge in [0, 0.05) is 12.1 Å². The molecule has 0 atom stereocenters. The summed E-state index contributed by atoms with van der Waals surface area (Å²) in [7, 11) is -5.16. The van der Waals surface area contributed by atoms with Crippen molar-refractivity contribution in [2.75, 3.05) is 0 Å². The van der Waals surface area contributed by atoms with E-state index in [0.717, 1.165) is 4.57 Å². The van der Waals surface area contributed by atoms with E-state index in [1.54, 1.807) is 6.07 Å². The molecule has 0 saturated carbocycles. The molecule has 2 heterocycles. The molecule has 0 amide bonds. The molecule has 0 radical (unpaired) electrons. The van der Waals surface area contributed by atoms with Crippen molar-refractivity contribution in [3.63, 3.8) is 0 Å². The molecule has 2 N–H and O–H groups in total. The molecular formula is C14H13FN4O5S. The van der Waals surface area contributed by atoms with E-state index in [0.29, 0.717) is 12.0 Å². The topological polar surface area (TPSA) is 127 Å². The van der Waals surface area contributed by atoms with Crippen molar-refractivity contribution in [3.05, 3.63) is 45.1 Å². The number of aromatic nitrogens is 4. The minimum absolute atomic E-state index is 0.0711. The molecule has 0 spiro atoms. The number of nitrogens with zero attached hydrogens (tertiary/aromatic N) is 2. The zero-order valence-electron chi connectivity index (χ0n) is 12.9. The van der Waals surface area contributed by atoms with Crippen molar-refractivity contribution in [2.24, 2.45) is 0 Å². The summed E-state index contributed by atoms with van der Waals surface area (Å²) in [5, 5.41) is 0. The van der Waals surface area contributed by atoms with E-state index in [4.69, 9.17) is 0 Å². The fourth-order valence-corrected chi connectivity index (χ4v) is 2.72. The van der Waals surface area contributed by atoms with Crippen LogP contribution in [-0.4, -0.2) is 27.9 Å². The summed E-state index contributed by atoms with van der Waals surface area (Å²) < 4.78 is 39.0. The number of hydrogen-bond acceptors (Lipinski definition) is 6. The molecule has 0 aliphatic rings. The van der Waals surface area contributed by atoms with Gasteiger partial charge in [-0.15, -0.1) is 0 Å². The van der Waals surface area contributed by atoms with Gasteiger partial charge in [0.25, 0.3) is 5.56 Å². The maximum Gasteiger partial charge on any atom is 0.488 e. The lowest BCUT2D eigenvalue weighted by molar-refractivity contribution is 0.440.